The fourth-order valence-electron chi connectivity index (χ4n) is 9.01. The maximum Gasteiger partial charge on any atom is 0.350 e. The first kappa shape index (κ1) is 62.6. The first-order chi connectivity index (χ1) is 41.0. The number of pyridine rings is 4. The number of aliphatic hydroxyl groups excluding tert-OH is 2. The number of anilines is 4. The van der Waals surface area contributed by atoms with Gasteiger partial charge in [0.25, 0.3) is 0 Å². The largest absolute Gasteiger partial charge is 0.395 e. The molecule has 0 saturated heterocycles. The number of unbranched alkanes of at least 4 members (excludes halogenated alkanes) is 6. The van der Waals surface area contributed by atoms with Gasteiger partial charge in [0.2, 0.25) is 0 Å². The van der Waals surface area contributed by atoms with Gasteiger partial charge in [0.05, 0.1) is 60.3 Å². The monoisotopic (exact) mass is 1130 g/mol. The molecule has 18 nitrogen and oxygen atoms in total. The van der Waals surface area contributed by atoms with Gasteiger partial charge >= 0.3 is 11.6 Å². The van der Waals surface area contributed by atoms with Crippen molar-refractivity contribution in [3.05, 3.63) is 195 Å². The van der Waals surface area contributed by atoms with E-state index >= 15 is 0 Å². The summed E-state index contributed by atoms with van der Waals surface area (Å²) in [6.07, 6.45) is 21.4. The zero-order chi connectivity index (χ0) is 59.1. The van der Waals surface area contributed by atoms with Crippen LogP contribution >= 0.6 is 0 Å². The summed E-state index contributed by atoms with van der Waals surface area (Å²) in [5.74, 6) is 1.68. The number of aromatic nitrogens is 4. The summed E-state index contributed by atoms with van der Waals surface area (Å²) in [5.41, 5.74) is 9.34. The molecule has 4 aromatic heterocycles. The SMILES string of the molecule is CN(C)c1ccc(N=Nc2ccc[n+](CCCCCC[n+]3ccccc3N=Nc3ccc(N(C)C)cc3)c2)cc1.CN(C)c1ccc(N=Nc2ccc[n+](CCCCCC[n+]3ccccc3N=Nc3ccc(N(CCO)CCO)cc3)c2)cc1. The third-order valence-corrected chi connectivity index (χ3v) is 13.8. The normalized spacial score (nSPS) is 11.4. The fourth-order valence-corrected chi connectivity index (χ4v) is 9.01. The highest BCUT2D eigenvalue weighted by molar-refractivity contribution is 5.55. The van der Waals surface area contributed by atoms with Gasteiger partial charge in [-0.2, -0.15) is 10.2 Å². The molecule has 4 aromatic carbocycles. The summed E-state index contributed by atoms with van der Waals surface area (Å²) in [5, 5.41) is 54.1. The zero-order valence-electron chi connectivity index (χ0n) is 49.8. The quantitative estimate of drug-likeness (QED) is 0.0258. The lowest BCUT2D eigenvalue weighted by Gasteiger charge is -2.22. The molecular weight excluding hydrogens is 1050 g/mol. The van der Waals surface area contributed by atoms with Crippen molar-refractivity contribution in [2.24, 2.45) is 40.9 Å². The molecule has 8 aromatic rings. The summed E-state index contributed by atoms with van der Waals surface area (Å²) in [6, 6.07) is 51.9. The molecule has 0 aliphatic carbocycles. The van der Waals surface area contributed by atoms with E-state index in [1.807, 2.05) is 205 Å². The van der Waals surface area contributed by atoms with Crippen LogP contribution < -0.4 is 37.9 Å². The standard InChI is InChI=1S/C34H44N8O2.C32H40N8/c1-39(2)32-16-12-29(13-17-32)35-37-31-10-9-21-40(28-31)20-6-3-4-7-22-42-23-8-5-11-34(42)38-36-30-14-18-33(19-15-30)41(24-26-43)25-27-44;1-37(2)30-18-14-27(15-19-30)33-35-29-12-11-23-39(26-29)22-8-5-6-9-24-40-25-10-7-13-32(40)36-34-28-16-20-31(21-17-28)38(3)4/h5,8-19,21,23,28,43-44H,3-4,6-7,20,22,24-27H2,1-2H3;7,10-21,23,25-26H,5-6,8-9,22,24H2,1-4H3/q2*+2. The molecule has 2 N–H and O–H groups in total. The molecular formula is C66H84N16O2+4. The molecule has 0 saturated carbocycles. The number of hydrogen-bond donors (Lipinski definition) is 2. The van der Waals surface area contributed by atoms with Crippen LogP contribution in [0.1, 0.15) is 51.4 Å². The van der Waals surface area contributed by atoms with Crippen LogP contribution in [0.4, 0.5) is 68.5 Å². The van der Waals surface area contributed by atoms with Crippen molar-refractivity contribution < 1.29 is 28.5 Å². The Hall–Kier alpha value is -9.00. The van der Waals surface area contributed by atoms with E-state index in [2.05, 4.69) is 111 Å². The van der Waals surface area contributed by atoms with Gasteiger partial charge in [0, 0.05) is 115 Å². The molecule has 8 rings (SSSR count). The van der Waals surface area contributed by atoms with Crippen LogP contribution in [0.5, 0.6) is 0 Å². The highest BCUT2D eigenvalue weighted by atomic mass is 16.3. The Kier molecular flexibility index (Phi) is 25.7. The third kappa shape index (κ3) is 21.4. The molecule has 0 unspecified atom stereocenters. The van der Waals surface area contributed by atoms with Gasteiger partial charge in [0.1, 0.15) is 35.8 Å². The number of aliphatic hydroxyl groups is 2. The topological polar surface area (TPSA) is 168 Å². The number of azo groups is 4. The molecule has 84 heavy (non-hydrogen) atoms. The Balaban J connectivity index is 0.000000242. The summed E-state index contributed by atoms with van der Waals surface area (Å²) >= 11 is 0. The Morgan fingerprint density at radius 3 is 0.976 bits per heavy atom. The van der Waals surface area contributed by atoms with Crippen molar-refractivity contribution >= 4 is 68.5 Å². The highest BCUT2D eigenvalue weighted by Gasteiger charge is 2.13. The number of hydrogen-bond acceptors (Lipinski definition) is 14. The molecule has 0 atom stereocenters. The maximum atomic E-state index is 9.27. The minimum Gasteiger partial charge on any atom is -0.395 e. The van der Waals surface area contributed by atoms with Crippen molar-refractivity contribution in [1.82, 2.24) is 0 Å². The third-order valence-electron chi connectivity index (χ3n) is 13.8. The molecule has 0 fully saturated rings. The predicted molar refractivity (Wildman–Crippen MR) is 335 cm³/mol. The van der Waals surface area contributed by atoms with E-state index < -0.39 is 0 Å². The first-order valence-electron chi connectivity index (χ1n) is 29.0. The zero-order valence-corrected chi connectivity index (χ0v) is 49.8. The molecule has 0 radical (unpaired) electrons. The first-order valence-corrected chi connectivity index (χ1v) is 29.0. The Labute approximate surface area is 496 Å². The van der Waals surface area contributed by atoms with Crippen molar-refractivity contribution in [3.8, 4) is 0 Å². The van der Waals surface area contributed by atoms with Crippen LogP contribution in [0, 0.1) is 0 Å². The Morgan fingerprint density at radius 2 is 0.631 bits per heavy atom. The fraction of sp³-hybridized carbons (Fsp3) is 0.333. The second kappa shape index (κ2) is 34.4. The van der Waals surface area contributed by atoms with E-state index in [1.54, 1.807) is 0 Å². The van der Waals surface area contributed by atoms with E-state index in [1.165, 1.54) is 6.42 Å². The van der Waals surface area contributed by atoms with Crippen LogP contribution in [0.2, 0.25) is 0 Å². The van der Waals surface area contributed by atoms with Gasteiger partial charge in [-0.15, -0.1) is 10.2 Å². The summed E-state index contributed by atoms with van der Waals surface area (Å²) in [7, 11) is 12.2. The number of aryl methyl sites for hydroxylation is 4. The minimum absolute atomic E-state index is 0.0316. The number of rotatable bonds is 30. The second-order valence-corrected chi connectivity index (χ2v) is 20.9. The van der Waals surface area contributed by atoms with E-state index in [4.69, 9.17) is 0 Å². The van der Waals surface area contributed by atoms with Crippen molar-refractivity contribution in [2.45, 2.75) is 77.5 Å². The average Bonchev–Trinajstić information content (AvgIpc) is 3.66. The van der Waals surface area contributed by atoms with Crippen LogP contribution in [-0.4, -0.2) is 78.8 Å². The summed E-state index contributed by atoms with van der Waals surface area (Å²) in [6.45, 7) is 4.71. The van der Waals surface area contributed by atoms with Gasteiger partial charge in [-0.05, 0) is 170 Å². The molecule has 4 heterocycles. The van der Waals surface area contributed by atoms with Crippen molar-refractivity contribution in [3.63, 3.8) is 0 Å². The molecule has 0 aliphatic heterocycles. The molecule has 18 heteroatoms. The van der Waals surface area contributed by atoms with E-state index in [9.17, 15) is 10.2 Å². The van der Waals surface area contributed by atoms with Crippen LogP contribution in [-0.2, 0) is 26.2 Å². The highest BCUT2D eigenvalue weighted by Crippen LogP contribution is 2.25. The molecule has 0 amide bonds. The van der Waals surface area contributed by atoms with E-state index in [-0.39, 0.29) is 13.2 Å². The van der Waals surface area contributed by atoms with Gasteiger partial charge in [-0.1, -0.05) is 12.1 Å². The summed E-state index contributed by atoms with van der Waals surface area (Å²) < 4.78 is 8.69. The summed E-state index contributed by atoms with van der Waals surface area (Å²) in [4.78, 5) is 8.13. The second-order valence-electron chi connectivity index (χ2n) is 20.9. The van der Waals surface area contributed by atoms with Gasteiger partial charge < -0.3 is 29.8 Å². The van der Waals surface area contributed by atoms with E-state index in [0.717, 1.165) is 140 Å². The average molecular weight is 1130 g/mol. The lowest BCUT2D eigenvalue weighted by molar-refractivity contribution is -0.697. The number of benzene rings is 4. The molecule has 436 valence electrons. The molecule has 0 aliphatic rings. The lowest BCUT2D eigenvalue weighted by atomic mass is 10.2. The van der Waals surface area contributed by atoms with Gasteiger partial charge in [0.15, 0.2) is 24.8 Å². The van der Waals surface area contributed by atoms with Crippen molar-refractivity contribution in [2.75, 3.05) is 88.2 Å². The number of nitrogens with zero attached hydrogens (tertiary/aromatic N) is 16. The van der Waals surface area contributed by atoms with Crippen LogP contribution in [0.25, 0.3) is 0 Å². The Morgan fingerprint density at radius 1 is 0.310 bits per heavy atom. The maximum absolute atomic E-state index is 9.27. The van der Waals surface area contributed by atoms with E-state index in [0.29, 0.717) is 13.1 Å². The van der Waals surface area contributed by atoms with Gasteiger partial charge in [-0.25, -0.2) is 18.3 Å². The Bertz CT molecular complexity index is 3310. The van der Waals surface area contributed by atoms with Crippen LogP contribution in [0.3, 0.4) is 0 Å². The minimum atomic E-state index is 0.0316. The van der Waals surface area contributed by atoms with Gasteiger partial charge in [-0.3, -0.25) is 0 Å². The van der Waals surface area contributed by atoms with Crippen molar-refractivity contribution in [1.29, 1.82) is 0 Å². The smallest absolute Gasteiger partial charge is 0.350 e. The molecule has 0 bridgehead atoms. The lowest BCUT2D eigenvalue weighted by Crippen LogP contribution is -2.33. The van der Waals surface area contributed by atoms with Crippen LogP contribution in [0.15, 0.2) is 236 Å². The predicted octanol–water partition coefficient (Wildman–Crippen LogP) is 13.7. The molecule has 0 spiro atoms.